The molecular formula is C21H22N2O5. The van der Waals surface area contributed by atoms with Crippen LogP contribution in [0.4, 0.5) is 0 Å². The van der Waals surface area contributed by atoms with Gasteiger partial charge in [0.25, 0.3) is 5.91 Å². The Kier molecular flexibility index (Phi) is 5.35. The highest BCUT2D eigenvalue weighted by Crippen LogP contribution is 2.32. The standard InChI is InChI=1S/C21H22N2O5/c1-21(20(25)26)12-16(22-28-3)13-23(21)19(24)15-10-8-14(9-11-15)17-6-4-5-7-18(17)27-2/h4-11H,12-13H2,1-3H3,(H,25,26)/t21-/m0/s1. The fourth-order valence-corrected chi connectivity index (χ4v) is 3.41. The lowest BCUT2D eigenvalue weighted by Crippen LogP contribution is -2.50. The number of carboxylic acid groups (broad SMARTS) is 1. The van der Waals surface area contributed by atoms with E-state index in [2.05, 4.69) is 5.16 Å². The Morgan fingerprint density at radius 1 is 1.11 bits per heavy atom. The lowest BCUT2D eigenvalue weighted by atomic mass is 9.97. The van der Waals surface area contributed by atoms with E-state index < -0.39 is 11.5 Å². The minimum Gasteiger partial charge on any atom is -0.496 e. The highest BCUT2D eigenvalue weighted by molar-refractivity contribution is 6.06. The lowest BCUT2D eigenvalue weighted by molar-refractivity contribution is -0.147. The first-order valence-electron chi connectivity index (χ1n) is 8.78. The minimum absolute atomic E-state index is 0.115. The van der Waals surface area contributed by atoms with Crippen LogP contribution in [0.2, 0.25) is 0 Å². The average Bonchev–Trinajstić information content (AvgIpc) is 3.05. The van der Waals surface area contributed by atoms with Gasteiger partial charge in [0, 0.05) is 17.5 Å². The number of benzene rings is 2. The van der Waals surface area contributed by atoms with Crippen molar-refractivity contribution in [3.05, 3.63) is 54.1 Å². The van der Waals surface area contributed by atoms with Gasteiger partial charge in [0.2, 0.25) is 0 Å². The second-order valence-corrected chi connectivity index (χ2v) is 6.76. The van der Waals surface area contributed by atoms with Gasteiger partial charge >= 0.3 is 5.97 Å². The number of hydrogen-bond donors (Lipinski definition) is 1. The molecule has 1 N–H and O–H groups in total. The summed E-state index contributed by atoms with van der Waals surface area (Å²) in [4.78, 5) is 30.9. The van der Waals surface area contributed by atoms with Crippen molar-refractivity contribution in [3.8, 4) is 16.9 Å². The number of hydrogen-bond acceptors (Lipinski definition) is 5. The maximum absolute atomic E-state index is 13.0. The maximum atomic E-state index is 13.0. The Hall–Kier alpha value is -3.35. The number of aliphatic carboxylic acids is 1. The summed E-state index contributed by atoms with van der Waals surface area (Å²) in [6, 6.07) is 14.6. The van der Waals surface area contributed by atoms with E-state index in [1.165, 1.54) is 18.9 Å². The van der Waals surface area contributed by atoms with Crippen molar-refractivity contribution in [1.29, 1.82) is 0 Å². The van der Waals surface area contributed by atoms with E-state index in [4.69, 9.17) is 9.57 Å². The molecule has 0 radical (unpaired) electrons. The summed E-state index contributed by atoms with van der Waals surface area (Å²) in [6.07, 6.45) is 0.126. The Labute approximate surface area is 163 Å². The first-order valence-corrected chi connectivity index (χ1v) is 8.78. The number of rotatable bonds is 5. The smallest absolute Gasteiger partial charge is 0.329 e. The van der Waals surface area contributed by atoms with Gasteiger partial charge in [-0.1, -0.05) is 35.5 Å². The number of ether oxygens (including phenoxy) is 1. The number of carbonyl (C=O) groups excluding carboxylic acids is 1. The number of amides is 1. The van der Waals surface area contributed by atoms with Crippen LogP contribution in [0.15, 0.2) is 53.7 Å². The molecule has 2 aromatic carbocycles. The number of nitrogens with zero attached hydrogens (tertiary/aromatic N) is 2. The molecule has 28 heavy (non-hydrogen) atoms. The predicted octanol–water partition coefficient (Wildman–Crippen LogP) is 3.05. The summed E-state index contributed by atoms with van der Waals surface area (Å²) in [7, 11) is 3.00. The fraction of sp³-hybridized carbons (Fsp3) is 0.286. The van der Waals surface area contributed by atoms with Gasteiger partial charge in [0.15, 0.2) is 0 Å². The molecule has 0 aliphatic carbocycles. The van der Waals surface area contributed by atoms with Crippen molar-refractivity contribution >= 4 is 17.6 Å². The summed E-state index contributed by atoms with van der Waals surface area (Å²) in [5.74, 6) is -0.703. The first-order chi connectivity index (χ1) is 13.4. The number of methoxy groups -OCH3 is 1. The minimum atomic E-state index is -1.37. The van der Waals surface area contributed by atoms with E-state index in [1.54, 1.807) is 19.2 Å². The molecule has 146 valence electrons. The molecule has 0 bridgehead atoms. The van der Waals surface area contributed by atoms with Gasteiger partial charge < -0.3 is 19.6 Å². The molecule has 2 aromatic rings. The van der Waals surface area contributed by atoms with Crippen LogP contribution in [0.5, 0.6) is 5.75 Å². The van der Waals surface area contributed by atoms with Crippen LogP contribution >= 0.6 is 0 Å². The number of para-hydroxylation sites is 1. The molecule has 1 saturated heterocycles. The van der Waals surface area contributed by atoms with Crippen LogP contribution in [0, 0.1) is 0 Å². The zero-order valence-corrected chi connectivity index (χ0v) is 16.0. The summed E-state index contributed by atoms with van der Waals surface area (Å²) in [5.41, 5.74) is 1.37. The topological polar surface area (TPSA) is 88.4 Å². The molecule has 0 unspecified atom stereocenters. The molecule has 1 aliphatic heterocycles. The molecule has 1 heterocycles. The predicted molar refractivity (Wildman–Crippen MR) is 105 cm³/mol. The molecule has 0 spiro atoms. The van der Waals surface area contributed by atoms with Crippen molar-refractivity contribution in [2.45, 2.75) is 18.9 Å². The lowest BCUT2D eigenvalue weighted by Gasteiger charge is -2.30. The molecule has 7 nitrogen and oxygen atoms in total. The van der Waals surface area contributed by atoms with Gasteiger partial charge in [-0.15, -0.1) is 0 Å². The largest absolute Gasteiger partial charge is 0.496 e. The molecule has 1 fully saturated rings. The van der Waals surface area contributed by atoms with Crippen molar-refractivity contribution in [1.82, 2.24) is 4.90 Å². The molecule has 0 aromatic heterocycles. The Balaban J connectivity index is 1.90. The van der Waals surface area contributed by atoms with Crippen LogP contribution in [0.25, 0.3) is 11.1 Å². The van der Waals surface area contributed by atoms with E-state index in [0.717, 1.165) is 16.9 Å². The fourth-order valence-electron chi connectivity index (χ4n) is 3.41. The molecule has 7 heteroatoms. The zero-order chi connectivity index (χ0) is 20.3. The van der Waals surface area contributed by atoms with Crippen LogP contribution in [-0.4, -0.2) is 53.9 Å². The third kappa shape index (κ3) is 3.43. The number of likely N-dealkylation sites (tertiary alicyclic amines) is 1. The van der Waals surface area contributed by atoms with E-state index in [-0.39, 0.29) is 18.9 Å². The van der Waals surface area contributed by atoms with Crippen LogP contribution in [0.3, 0.4) is 0 Å². The normalized spacial score (nSPS) is 20.2. The third-order valence-corrected chi connectivity index (χ3v) is 4.96. The summed E-state index contributed by atoms with van der Waals surface area (Å²) < 4.78 is 5.38. The second-order valence-electron chi connectivity index (χ2n) is 6.76. The molecule has 0 saturated carbocycles. The summed E-state index contributed by atoms with van der Waals surface area (Å²) in [6.45, 7) is 1.64. The van der Waals surface area contributed by atoms with E-state index in [9.17, 15) is 14.7 Å². The number of oxime groups is 1. The van der Waals surface area contributed by atoms with E-state index >= 15 is 0 Å². The summed E-state index contributed by atoms with van der Waals surface area (Å²) in [5, 5.41) is 13.5. The van der Waals surface area contributed by atoms with Crippen molar-refractivity contribution in [3.63, 3.8) is 0 Å². The highest BCUT2D eigenvalue weighted by atomic mass is 16.6. The van der Waals surface area contributed by atoms with Crippen LogP contribution < -0.4 is 4.74 Å². The van der Waals surface area contributed by atoms with Gasteiger partial charge in [-0.25, -0.2) is 4.79 Å². The maximum Gasteiger partial charge on any atom is 0.329 e. The van der Waals surface area contributed by atoms with Crippen LogP contribution in [0.1, 0.15) is 23.7 Å². The Morgan fingerprint density at radius 2 is 1.79 bits per heavy atom. The Bertz CT molecular complexity index is 923. The third-order valence-electron chi connectivity index (χ3n) is 4.96. The van der Waals surface area contributed by atoms with Gasteiger partial charge in [-0.3, -0.25) is 4.79 Å². The van der Waals surface area contributed by atoms with Crippen molar-refractivity contribution in [2.24, 2.45) is 5.16 Å². The molecule has 3 rings (SSSR count). The van der Waals surface area contributed by atoms with Crippen LogP contribution in [-0.2, 0) is 9.63 Å². The highest BCUT2D eigenvalue weighted by Gasteiger charge is 2.49. The van der Waals surface area contributed by atoms with Gasteiger partial charge in [0.05, 0.1) is 19.4 Å². The van der Waals surface area contributed by atoms with Crippen molar-refractivity contribution < 1.29 is 24.3 Å². The molecule has 1 aliphatic rings. The van der Waals surface area contributed by atoms with Gasteiger partial charge in [-0.05, 0) is 30.7 Å². The SMILES string of the molecule is CON=C1CN(C(=O)c2ccc(-c3ccccc3OC)cc2)[C@](C)(C(=O)O)C1. The van der Waals surface area contributed by atoms with Gasteiger partial charge in [0.1, 0.15) is 18.4 Å². The molecule has 1 amide bonds. The monoisotopic (exact) mass is 382 g/mol. The zero-order valence-electron chi connectivity index (χ0n) is 16.0. The average molecular weight is 382 g/mol. The molecule has 1 atom stereocenters. The van der Waals surface area contributed by atoms with Gasteiger partial charge in [-0.2, -0.15) is 0 Å². The quantitative estimate of drug-likeness (QED) is 0.803. The second kappa shape index (κ2) is 7.72. The van der Waals surface area contributed by atoms with E-state index in [1.807, 2.05) is 36.4 Å². The van der Waals surface area contributed by atoms with Crippen molar-refractivity contribution in [2.75, 3.05) is 20.8 Å². The van der Waals surface area contributed by atoms with E-state index in [0.29, 0.717) is 11.3 Å². The Morgan fingerprint density at radius 3 is 2.39 bits per heavy atom. The number of carbonyl (C=O) groups is 2. The first kappa shape index (κ1) is 19.4. The number of carboxylic acids is 1. The molecular weight excluding hydrogens is 360 g/mol. The summed E-state index contributed by atoms with van der Waals surface area (Å²) >= 11 is 0.